The zero-order valence-corrected chi connectivity index (χ0v) is 30.4. The lowest BCUT2D eigenvalue weighted by molar-refractivity contribution is 0.0686. The molecule has 0 radical (unpaired) electrons. The molecule has 272 valence electrons. The molecule has 0 saturated carbocycles. The van der Waals surface area contributed by atoms with Gasteiger partial charge in [0.05, 0.1) is 27.3 Å². The van der Waals surface area contributed by atoms with E-state index in [0.717, 1.165) is 58.0 Å². The number of carbonyl (C=O) groups is 4. The molecule has 0 atom stereocenters. The number of carboxylic acids is 2. The van der Waals surface area contributed by atoms with Crippen LogP contribution in [0.1, 0.15) is 82.8 Å². The van der Waals surface area contributed by atoms with E-state index in [0.29, 0.717) is 22.7 Å². The van der Waals surface area contributed by atoms with E-state index in [1.165, 1.54) is 59.9 Å². The van der Waals surface area contributed by atoms with Crippen molar-refractivity contribution in [3.63, 3.8) is 0 Å². The quantitative estimate of drug-likeness (QED) is 0.0957. The van der Waals surface area contributed by atoms with Crippen molar-refractivity contribution in [3.8, 4) is 0 Å². The van der Waals surface area contributed by atoms with Crippen LogP contribution in [0.4, 0.5) is 16.4 Å². The molecule has 0 spiro atoms. The summed E-state index contributed by atoms with van der Waals surface area (Å²) >= 11 is 1.36. The Kier molecular flexibility index (Phi) is 11.1. The van der Waals surface area contributed by atoms with Crippen molar-refractivity contribution < 1.29 is 37.8 Å². The fraction of sp³-hybridized carbons (Fsp3) is 0.200. The first-order valence-electron chi connectivity index (χ1n) is 17.1. The molecule has 1 aliphatic rings. The molecule has 0 aliphatic heterocycles. The first-order valence-corrected chi connectivity index (χ1v) is 19.3. The average Bonchev–Trinajstić information content (AvgIpc) is 3.53. The summed E-state index contributed by atoms with van der Waals surface area (Å²) in [5.41, 5.74) is 4.61. The highest BCUT2D eigenvalue weighted by atomic mass is 32.2. The molecule has 1 heterocycles. The maximum absolute atomic E-state index is 13.8. The van der Waals surface area contributed by atoms with Crippen molar-refractivity contribution in [2.75, 3.05) is 21.5 Å². The highest BCUT2D eigenvalue weighted by Gasteiger charge is 2.28. The monoisotopic (exact) mass is 751 g/mol. The van der Waals surface area contributed by atoms with Crippen molar-refractivity contribution in [2.24, 2.45) is 0 Å². The van der Waals surface area contributed by atoms with Crippen LogP contribution in [-0.4, -0.2) is 48.9 Å². The van der Waals surface area contributed by atoms with Crippen molar-refractivity contribution in [1.82, 2.24) is 0 Å². The Morgan fingerprint density at radius 1 is 0.717 bits per heavy atom. The van der Waals surface area contributed by atoms with E-state index in [1.54, 1.807) is 31.2 Å². The van der Waals surface area contributed by atoms with E-state index < -0.39 is 27.9 Å². The van der Waals surface area contributed by atoms with Gasteiger partial charge >= 0.3 is 11.9 Å². The van der Waals surface area contributed by atoms with Crippen LogP contribution >= 0.6 is 11.3 Å². The van der Waals surface area contributed by atoms with E-state index in [9.17, 15) is 32.7 Å². The average molecular weight is 752 g/mol. The van der Waals surface area contributed by atoms with Crippen molar-refractivity contribution >= 4 is 61.5 Å². The summed E-state index contributed by atoms with van der Waals surface area (Å²) in [4.78, 5) is 50.8. The number of benzene rings is 4. The van der Waals surface area contributed by atoms with Gasteiger partial charge in [0.1, 0.15) is 5.00 Å². The van der Waals surface area contributed by atoms with Crippen LogP contribution in [0, 0.1) is 0 Å². The predicted molar refractivity (Wildman–Crippen MR) is 204 cm³/mol. The Morgan fingerprint density at radius 3 is 1.91 bits per heavy atom. The summed E-state index contributed by atoms with van der Waals surface area (Å²) < 4.78 is 28.6. The lowest BCUT2D eigenvalue weighted by Crippen LogP contribution is -2.31. The Bertz CT molecular complexity index is 2280. The Balaban J connectivity index is 1.17. The second-order valence-corrected chi connectivity index (χ2v) is 15.5. The van der Waals surface area contributed by atoms with Crippen LogP contribution in [0.3, 0.4) is 0 Å². The number of rotatable bonds is 13. The lowest BCUT2D eigenvalue weighted by atomic mass is 9.95. The molecule has 0 bridgehead atoms. The van der Waals surface area contributed by atoms with E-state index in [2.05, 4.69) is 10.6 Å². The zero-order chi connectivity index (χ0) is 37.7. The molecule has 1 aliphatic carbocycles. The topological polar surface area (TPSA) is 170 Å². The standard InChI is InChI=1S/C40H37N3O8S2/c1-2-43(31-22-18-28(19-23-31)40(48)49)53(50,51)32-7-5-6-29(24-32)36(44)42-38-35(33-8-3-4-9-34(33)52-38)37(45)41-30-20-14-26(15-21-30)11-10-25-12-16-27(17-13-25)39(46)47/h5-7,12-24H,2-4,8-11H2,1H3,(H,41,45)(H,42,44)(H,46,47)(H,48,49). The molecule has 11 nitrogen and oxygen atoms in total. The number of carbonyl (C=O) groups excluding carboxylic acids is 2. The van der Waals surface area contributed by atoms with Gasteiger partial charge in [0.15, 0.2) is 0 Å². The highest BCUT2D eigenvalue weighted by Crippen LogP contribution is 2.39. The number of fused-ring (bicyclic) bond motifs is 1. The molecular weight excluding hydrogens is 715 g/mol. The molecule has 0 fully saturated rings. The largest absolute Gasteiger partial charge is 0.478 e. The van der Waals surface area contributed by atoms with Gasteiger partial charge in [-0.05, 0) is 129 Å². The molecule has 0 unspecified atom stereocenters. The Hall–Kier alpha value is -5.79. The second kappa shape index (κ2) is 15.8. The van der Waals surface area contributed by atoms with Gasteiger partial charge in [0.2, 0.25) is 0 Å². The Labute approximate surface area is 311 Å². The molecule has 4 N–H and O–H groups in total. The molecule has 2 amide bonds. The van der Waals surface area contributed by atoms with Crippen LogP contribution in [0.25, 0.3) is 0 Å². The summed E-state index contributed by atoms with van der Waals surface area (Å²) in [5.74, 6) is -3.00. The number of amides is 2. The third-order valence-electron chi connectivity index (χ3n) is 9.11. The summed E-state index contributed by atoms with van der Waals surface area (Å²) in [6.45, 7) is 1.73. The lowest BCUT2D eigenvalue weighted by Gasteiger charge is -2.23. The van der Waals surface area contributed by atoms with E-state index >= 15 is 0 Å². The minimum absolute atomic E-state index is 0.0258. The number of anilines is 3. The molecular formula is C40H37N3O8S2. The number of sulfonamides is 1. The number of hydrogen-bond donors (Lipinski definition) is 4. The fourth-order valence-electron chi connectivity index (χ4n) is 6.31. The second-order valence-electron chi connectivity index (χ2n) is 12.6. The number of aromatic carboxylic acids is 2. The third-order valence-corrected chi connectivity index (χ3v) is 12.2. The molecule has 6 rings (SSSR count). The van der Waals surface area contributed by atoms with Gasteiger partial charge in [0, 0.05) is 22.7 Å². The van der Waals surface area contributed by atoms with E-state index in [1.807, 2.05) is 24.3 Å². The third kappa shape index (κ3) is 8.32. The summed E-state index contributed by atoms with van der Waals surface area (Å²) in [7, 11) is -4.13. The minimum atomic E-state index is -4.13. The van der Waals surface area contributed by atoms with Gasteiger partial charge in [-0.15, -0.1) is 11.3 Å². The van der Waals surface area contributed by atoms with Gasteiger partial charge in [-0.2, -0.15) is 0 Å². The maximum Gasteiger partial charge on any atom is 0.335 e. The zero-order valence-electron chi connectivity index (χ0n) is 28.8. The van der Waals surface area contributed by atoms with Crippen molar-refractivity contribution in [1.29, 1.82) is 0 Å². The SMILES string of the molecule is CCN(c1ccc(C(=O)O)cc1)S(=O)(=O)c1cccc(C(=O)Nc2sc3c(c2C(=O)Nc2ccc(CCc4ccc(C(=O)O)cc4)cc2)CCCC3)c1. The van der Waals surface area contributed by atoms with Gasteiger partial charge in [-0.1, -0.05) is 30.3 Å². The number of hydrogen-bond acceptors (Lipinski definition) is 7. The normalized spacial score (nSPS) is 12.4. The van der Waals surface area contributed by atoms with Crippen LogP contribution in [0.2, 0.25) is 0 Å². The molecule has 5 aromatic rings. The first-order chi connectivity index (χ1) is 25.4. The van der Waals surface area contributed by atoms with Crippen LogP contribution in [-0.2, 0) is 35.7 Å². The van der Waals surface area contributed by atoms with Gasteiger partial charge < -0.3 is 20.8 Å². The number of nitrogens with one attached hydrogen (secondary N) is 2. The van der Waals surface area contributed by atoms with E-state index in [4.69, 9.17) is 5.11 Å². The van der Waals surface area contributed by atoms with Crippen molar-refractivity contribution in [2.45, 2.75) is 50.3 Å². The summed E-state index contributed by atoms with van der Waals surface area (Å²) in [5, 5.41) is 24.6. The number of aryl methyl sites for hydroxylation is 3. The van der Waals surface area contributed by atoms with Gasteiger partial charge in [-0.3, -0.25) is 13.9 Å². The Morgan fingerprint density at radius 2 is 1.30 bits per heavy atom. The van der Waals surface area contributed by atoms with Crippen LogP contribution in [0.15, 0.2) is 102 Å². The summed E-state index contributed by atoms with van der Waals surface area (Å²) in [6, 6.07) is 25.5. The number of thiophene rings is 1. The maximum atomic E-state index is 13.8. The van der Waals surface area contributed by atoms with Crippen molar-refractivity contribution in [3.05, 3.63) is 141 Å². The molecule has 4 aromatic carbocycles. The highest BCUT2D eigenvalue weighted by molar-refractivity contribution is 7.92. The predicted octanol–water partition coefficient (Wildman–Crippen LogP) is 7.53. The fourth-order valence-corrected chi connectivity index (χ4v) is 9.11. The smallest absolute Gasteiger partial charge is 0.335 e. The van der Waals surface area contributed by atoms with Gasteiger partial charge in [0.25, 0.3) is 21.8 Å². The minimum Gasteiger partial charge on any atom is -0.478 e. The summed E-state index contributed by atoms with van der Waals surface area (Å²) in [6.07, 6.45) is 4.83. The molecule has 1 aromatic heterocycles. The number of nitrogens with zero attached hydrogens (tertiary/aromatic N) is 1. The molecule has 0 saturated heterocycles. The van der Waals surface area contributed by atoms with E-state index in [-0.39, 0.29) is 39.7 Å². The van der Waals surface area contributed by atoms with Crippen LogP contribution < -0.4 is 14.9 Å². The van der Waals surface area contributed by atoms with Crippen LogP contribution in [0.5, 0.6) is 0 Å². The number of carboxylic acid groups (broad SMARTS) is 2. The molecule has 13 heteroatoms. The van der Waals surface area contributed by atoms with Gasteiger partial charge in [-0.25, -0.2) is 18.0 Å². The first kappa shape index (κ1) is 37.0. The molecule has 53 heavy (non-hydrogen) atoms.